The Kier molecular flexibility index (Phi) is 7.21. The highest BCUT2D eigenvalue weighted by atomic mass is 19.4. The van der Waals surface area contributed by atoms with E-state index in [1.807, 2.05) is 30.3 Å². The fourth-order valence-electron chi connectivity index (χ4n) is 4.49. The van der Waals surface area contributed by atoms with Gasteiger partial charge in [0, 0.05) is 25.8 Å². The van der Waals surface area contributed by atoms with Crippen LogP contribution in [0.5, 0.6) is 0 Å². The van der Waals surface area contributed by atoms with Crippen molar-refractivity contribution in [2.45, 2.75) is 24.7 Å². The molecule has 2 atom stereocenters. The molecule has 3 aromatic rings. The molecule has 0 saturated heterocycles. The van der Waals surface area contributed by atoms with Gasteiger partial charge in [0.1, 0.15) is 0 Å². The number of nitrogens with zero attached hydrogens (tertiary/aromatic N) is 1. The van der Waals surface area contributed by atoms with Gasteiger partial charge in [-0.2, -0.15) is 13.2 Å². The van der Waals surface area contributed by atoms with E-state index in [-0.39, 0.29) is 31.5 Å². The van der Waals surface area contributed by atoms with Crippen LogP contribution in [0, 0.1) is 0 Å². The van der Waals surface area contributed by atoms with Crippen molar-refractivity contribution in [3.63, 3.8) is 0 Å². The molecule has 8 heteroatoms. The molecule has 3 aromatic carbocycles. The maximum atomic E-state index is 13.6. The lowest BCUT2D eigenvalue weighted by atomic mass is 9.79. The Bertz CT molecular complexity index is 1200. The Morgan fingerprint density at radius 2 is 1.71 bits per heavy atom. The number of benzene rings is 3. The number of alkyl halides is 3. The summed E-state index contributed by atoms with van der Waals surface area (Å²) < 4.78 is 44.5. The number of hydrogen-bond acceptors (Lipinski definition) is 3. The van der Waals surface area contributed by atoms with E-state index in [0.717, 1.165) is 17.7 Å². The monoisotopic (exact) mass is 482 g/mol. The predicted molar refractivity (Wildman–Crippen MR) is 125 cm³/mol. The first-order valence-electron chi connectivity index (χ1n) is 11.2. The van der Waals surface area contributed by atoms with E-state index in [9.17, 15) is 22.8 Å². The van der Waals surface area contributed by atoms with Crippen molar-refractivity contribution >= 4 is 11.8 Å². The second-order valence-electron chi connectivity index (χ2n) is 8.33. The Hall–Kier alpha value is -3.65. The number of hydrogen-bond donors (Lipinski definition) is 1. The minimum absolute atomic E-state index is 0.0745. The summed E-state index contributed by atoms with van der Waals surface area (Å²) in [6.07, 6.45) is -4.47. The molecule has 0 aliphatic carbocycles. The lowest BCUT2D eigenvalue weighted by molar-refractivity contribution is -0.137. The molecule has 0 saturated carbocycles. The van der Waals surface area contributed by atoms with Gasteiger partial charge in [-0.1, -0.05) is 60.7 Å². The number of amides is 2. The number of methoxy groups -OCH3 is 1. The second-order valence-corrected chi connectivity index (χ2v) is 8.33. The van der Waals surface area contributed by atoms with Gasteiger partial charge >= 0.3 is 6.18 Å². The van der Waals surface area contributed by atoms with Crippen LogP contribution in [0.15, 0.2) is 78.9 Å². The van der Waals surface area contributed by atoms with Crippen LogP contribution in [0.25, 0.3) is 0 Å². The quantitative estimate of drug-likeness (QED) is 0.519. The number of nitrogens with one attached hydrogen (secondary N) is 1. The molecular formula is C27H25F3N2O3. The maximum Gasteiger partial charge on any atom is 0.416 e. The van der Waals surface area contributed by atoms with Gasteiger partial charge in [-0.15, -0.1) is 0 Å². The molecular weight excluding hydrogens is 457 g/mol. The van der Waals surface area contributed by atoms with Crippen molar-refractivity contribution in [2.24, 2.45) is 0 Å². The lowest BCUT2D eigenvalue weighted by Crippen LogP contribution is -2.48. The molecule has 2 amide bonds. The van der Waals surface area contributed by atoms with Crippen LogP contribution in [-0.4, -0.2) is 37.0 Å². The minimum atomic E-state index is -4.47. The molecule has 0 bridgehead atoms. The summed E-state index contributed by atoms with van der Waals surface area (Å²) in [7, 11) is 1.54. The number of carbonyl (C=O) groups excluding carboxylic acids is 2. The van der Waals surface area contributed by atoms with Gasteiger partial charge in [0.25, 0.3) is 5.91 Å². The number of rotatable bonds is 7. The first-order valence-corrected chi connectivity index (χ1v) is 11.2. The van der Waals surface area contributed by atoms with Crippen molar-refractivity contribution in [1.29, 1.82) is 0 Å². The molecule has 5 nitrogen and oxygen atoms in total. The van der Waals surface area contributed by atoms with E-state index < -0.39 is 23.7 Å². The summed E-state index contributed by atoms with van der Waals surface area (Å²) in [6, 6.07) is 20.5. The normalized spacial score (nSPS) is 17.7. The standard InChI is InChI=1S/C27H25F3N2O3/c1-35-15-14-32-24(19-9-3-2-4-10-19)23(21-12-5-6-13-22(21)26(32)34)25(33)31-17-18-8-7-11-20(16-18)27(28,29)30/h2-13,16,23-24H,14-15,17H2,1H3,(H,31,33)/t23-,24-/m0/s1. The van der Waals surface area contributed by atoms with E-state index in [1.165, 1.54) is 12.1 Å². The summed E-state index contributed by atoms with van der Waals surface area (Å²) >= 11 is 0. The summed E-state index contributed by atoms with van der Waals surface area (Å²) in [6.45, 7) is 0.491. The number of ether oxygens (including phenoxy) is 1. The second kappa shape index (κ2) is 10.3. The largest absolute Gasteiger partial charge is 0.416 e. The fraction of sp³-hybridized carbons (Fsp3) is 0.259. The highest BCUT2D eigenvalue weighted by Gasteiger charge is 2.43. The third-order valence-electron chi connectivity index (χ3n) is 6.12. The zero-order valence-corrected chi connectivity index (χ0v) is 19.1. The zero-order chi connectivity index (χ0) is 25.0. The summed E-state index contributed by atoms with van der Waals surface area (Å²) in [4.78, 5) is 28.7. The Morgan fingerprint density at radius 1 is 1.00 bits per heavy atom. The molecule has 1 heterocycles. The first-order chi connectivity index (χ1) is 16.8. The van der Waals surface area contributed by atoms with Crippen molar-refractivity contribution in [3.05, 3.63) is 107 Å². The van der Waals surface area contributed by atoms with E-state index in [0.29, 0.717) is 16.7 Å². The molecule has 1 aliphatic heterocycles. The molecule has 1 N–H and O–H groups in total. The van der Waals surface area contributed by atoms with Crippen LogP contribution in [0.2, 0.25) is 0 Å². The molecule has 35 heavy (non-hydrogen) atoms. The fourth-order valence-corrected chi connectivity index (χ4v) is 4.49. The van der Waals surface area contributed by atoms with E-state index in [4.69, 9.17) is 4.74 Å². The van der Waals surface area contributed by atoms with Crippen molar-refractivity contribution in [1.82, 2.24) is 10.2 Å². The third kappa shape index (κ3) is 5.22. The maximum absolute atomic E-state index is 13.6. The lowest BCUT2D eigenvalue weighted by Gasteiger charge is -2.41. The van der Waals surface area contributed by atoms with Crippen LogP contribution in [0.3, 0.4) is 0 Å². The number of halogens is 3. The van der Waals surface area contributed by atoms with Crippen LogP contribution in [0.4, 0.5) is 13.2 Å². The van der Waals surface area contributed by atoms with Gasteiger partial charge in [0.2, 0.25) is 5.91 Å². The molecule has 0 spiro atoms. The van der Waals surface area contributed by atoms with Gasteiger partial charge in [0.15, 0.2) is 0 Å². The number of carbonyl (C=O) groups is 2. The van der Waals surface area contributed by atoms with Crippen LogP contribution in [-0.2, 0) is 22.3 Å². The van der Waals surface area contributed by atoms with E-state index in [1.54, 1.807) is 36.3 Å². The predicted octanol–water partition coefficient (Wildman–Crippen LogP) is 4.95. The van der Waals surface area contributed by atoms with Crippen LogP contribution < -0.4 is 5.32 Å². The third-order valence-corrected chi connectivity index (χ3v) is 6.12. The first kappa shape index (κ1) is 24.5. The topological polar surface area (TPSA) is 58.6 Å². The van der Waals surface area contributed by atoms with Gasteiger partial charge in [0.05, 0.1) is 24.1 Å². The zero-order valence-electron chi connectivity index (χ0n) is 19.1. The summed E-state index contributed by atoms with van der Waals surface area (Å²) in [5, 5.41) is 2.80. The Balaban J connectivity index is 1.70. The molecule has 0 radical (unpaired) electrons. The van der Waals surface area contributed by atoms with Gasteiger partial charge in [-0.25, -0.2) is 0 Å². The summed E-state index contributed by atoms with van der Waals surface area (Å²) in [5.74, 6) is -1.33. The van der Waals surface area contributed by atoms with Crippen molar-refractivity contribution in [2.75, 3.05) is 20.3 Å². The molecule has 0 fully saturated rings. The molecule has 4 rings (SSSR count). The van der Waals surface area contributed by atoms with Gasteiger partial charge in [-0.3, -0.25) is 9.59 Å². The number of fused-ring (bicyclic) bond motifs is 1. The van der Waals surface area contributed by atoms with E-state index >= 15 is 0 Å². The Labute approximate surface area is 201 Å². The van der Waals surface area contributed by atoms with Crippen LogP contribution >= 0.6 is 0 Å². The molecule has 1 aliphatic rings. The van der Waals surface area contributed by atoms with Gasteiger partial charge < -0.3 is 15.0 Å². The summed E-state index contributed by atoms with van der Waals surface area (Å²) in [5.41, 5.74) is 1.36. The molecule has 0 aromatic heterocycles. The van der Waals surface area contributed by atoms with Crippen molar-refractivity contribution < 1.29 is 27.5 Å². The highest BCUT2D eigenvalue weighted by Crippen LogP contribution is 2.42. The Morgan fingerprint density at radius 3 is 2.43 bits per heavy atom. The molecule has 0 unspecified atom stereocenters. The minimum Gasteiger partial charge on any atom is -0.383 e. The SMILES string of the molecule is COCCN1C(=O)c2ccccc2[C@H](C(=O)NCc2cccc(C(F)(F)F)c2)[C@@H]1c1ccccc1. The smallest absolute Gasteiger partial charge is 0.383 e. The van der Waals surface area contributed by atoms with Crippen molar-refractivity contribution in [3.8, 4) is 0 Å². The van der Waals surface area contributed by atoms with Crippen LogP contribution in [0.1, 0.15) is 44.6 Å². The van der Waals surface area contributed by atoms with E-state index in [2.05, 4.69) is 5.32 Å². The van der Waals surface area contributed by atoms with Gasteiger partial charge in [-0.05, 0) is 34.9 Å². The average Bonchev–Trinajstić information content (AvgIpc) is 2.87. The molecule has 182 valence electrons. The average molecular weight is 483 g/mol. The highest BCUT2D eigenvalue weighted by molar-refractivity contribution is 6.01.